The highest BCUT2D eigenvalue weighted by atomic mass is 16.6. The lowest BCUT2D eigenvalue weighted by atomic mass is 9.99. The van der Waals surface area contributed by atoms with E-state index < -0.39 is 6.10 Å². The molecule has 0 aliphatic heterocycles. The van der Waals surface area contributed by atoms with Crippen LogP contribution in [0.4, 0.5) is 0 Å². The summed E-state index contributed by atoms with van der Waals surface area (Å²) < 4.78 is 16.8. The van der Waals surface area contributed by atoms with Crippen LogP contribution in [-0.2, 0) is 28.6 Å². The van der Waals surface area contributed by atoms with Crippen LogP contribution in [0.15, 0.2) is 0 Å². The van der Waals surface area contributed by atoms with Gasteiger partial charge in [0.2, 0.25) is 0 Å². The first-order valence-corrected chi connectivity index (χ1v) is 25.3. The van der Waals surface area contributed by atoms with Gasteiger partial charge in [-0.25, -0.2) is 0 Å². The average molecular weight is 807 g/mol. The van der Waals surface area contributed by atoms with Crippen LogP contribution in [0.3, 0.4) is 0 Å². The van der Waals surface area contributed by atoms with E-state index in [1.165, 1.54) is 167 Å². The Morgan fingerprint density at radius 2 is 0.667 bits per heavy atom. The minimum absolute atomic E-state index is 0.0643. The van der Waals surface area contributed by atoms with Crippen molar-refractivity contribution in [2.24, 2.45) is 11.8 Å². The van der Waals surface area contributed by atoms with Gasteiger partial charge in [-0.05, 0) is 31.1 Å². The first kappa shape index (κ1) is 55.4. The molecule has 0 aromatic heterocycles. The second-order valence-electron chi connectivity index (χ2n) is 18.2. The molecule has 0 aliphatic carbocycles. The Labute approximate surface area is 355 Å². The molecule has 0 N–H and O–H groups in total. The summed E-state index contributed by atoms with van der Waals surface area (Å²) in [4.78, 5) is 37.8. The van der Waals surface area contributed by atoms with Crippen molar-refractivity contribution in [2.75, 3.05) is 13.2 Å². The fourth-order valence-electron chi connectivity index (χ4n) is 7.60. The van der Waals surface area contributed by atoms with Crippen molar-refractivity contribution >= 4 is 17.9 Å². The van der Waals surface area contributed by atoms with E-state index in [-0.39, 0.29) is 31.1 Å². The van der Waals surface area contributed by atoms with Crippen LogP contribution < -0.4 is 0 Å². The number of carbonyl (C=O) groups is 3. The molecule has 0 bridgehead atoms. The number of unbranched alkanes of at least 4 members (excludes halogenated alkanes) is 29. The molecule has 0 saturated carbocycles. The van der Waals surface area contributed by atoms with E-state index in [1.54, 1.807) is 0 Å². The van der Waals surface area contributed by atoms with Gasteiger partial charge in [-0.15, -0.1) is 0 Å². The fraction of sp³-hybridized carbons (Fsp3) is 0.941. The van der Waals surface area contributed by atoms with Crippen LogP contribution in [0.5, 0.6) is 0 Å². The van der Waals surface area contributed by atoms with Crippen molar-refractivity contribution in [1.29, 1.82) is 0 Å². The lowest BCUT2D eigenvalue weighted by Crippen LogP contribution is -2.30. The molecule has 57 heavy (non-hydrogen) atoms. The predicted octanol–water partition coefficient (Wildman–Crippen LogP) is 16.1. The van der Waals surface area contributed by atoms with Gasteiger partial charge in [0.25, 0.3) is 0 Å². The van der Waals surface area contributed by atoms with E-state index in [0.717, 1.165) is 69.6 Å². The third kappa shape index (κ3) is 43.8. The number of esters is 3. The first-order chi connectivity index (χ1) is 27.8. The van der Waals surface area contributed by atoms with Gasteiger partial charge >= 0.3 is 17.9 Å². The van der Waals surface area contributed by atoms with Gasteiger partial charge in [-0.1, -0.05) is 240 Å². The Kier molecular flexibility index (Phi) is 42.7. The van der Waals surface area contributed by atoms with Gasteiger partial charge < -0.3 is 14.2 Å². The molecular weight excluding hydrogens is 709 g/mol. The van der Waals surface area contributed by atoms with Gasteiger partial charge in [0.15, 0.2) is 6.10 Å². The summed E-state index contributed by atoms with van der Waals surface area (Å²) in [6.07, 6.45) is 43.7. The van der Waals surface area contributed by atoms with E-state index in [4.69, 9.17) is 14.2 Å². The summed E-state index contributed by atoms with van der Waals surface area (Å²) in [7, 11) is 0. The van der Waals surface area contributed by atoms with Crippen molar-refractivity contribution in [1.82, 2.24) is 0 Å². The highest BCUT2D eigenvalue weighted by Crippen LogP contribution is 2.18. The Hall–Kier alpha value is -1.59. The highest BCUT2D eigenvalue weighted by Gasteiger charge is 2.19. The molecule has 0 amide bonds. The van der Waals surface area contributed by atoms with E-state index in [9.17, 15) is 14.4 Å². The lowest BCUT2D eigenvalue weighted by molar-refractivity contribution is -0.167. The summed E-state index contributed by atoms with van der Waals surface area (Å²) >= 11 is 0. The quantitative estimate of drug-likeness (QED) is 0.0346. The van der Waals surface area contributed by atoms with E-state index in [0.29, 0.717) is 19.3 Å². The smallest absolute Gasteiger partial charge is 0.306 e. The number of hydrogen-bond donors (Lipinski definition) is 0. The van der Waals surface area contributed by atoms with Gasteiger partial charge in [-0.2, -0.15) is 0 Å². The number of hydrogen-bond acceptors (Lipinski definition) is 6. The molecule has 0 aliphatic rings. The number of ether oxygens (including phenoxy) is 3. The molecule has 6 heteroatoms. The predicted molar refractivity (Wildman–Crippen MR) is 243 cm³/mol. The van der Waals surface area contributed by atoms with E-state index >= 15 is 0 Å². The normalized spacial score (nSPS) is 12.5. The molecule has 6 nitrogen and oxygen atoms in total. The molecule has 338 valence electrons. The van der Waals surface area contributed by atoms with Gasteiger partial charge in [0.1, 0.15) is 13.2 Å². The van der Waals surface area contributed by atoms with Crippen LogP contribution >= 0.6 is 0 Å². The topological polar surface area (TPSA) is 78.9 Å². The van der Waals surface area contributed by atoms with Crippen LogP contribution in [0.2, 0.25) is 0 Å². The zero-order valence-electron chi connectivity index (χ0n) is 39.0. The number of carbonyl (C=O) groups excluding carboxylic acids is 3. The molecule has 0 radical (unpaired) electrons. The van der Waals surface area contributed by atoms with Gasteiger partial charge in [0, 0.05) is 19.3 Å². The molecular formula is C51H98O6. The van der Waals surface area contributed by atoms with Crippen LogP contribution in [0.1, 0.15) is 279 Å². The molecule has 0 rings (SSSR count). The molecule has 0 aromatic rings. The van der Waals surface area contributed by atoms with Crippen LogP contribution in [0.25, 0.3) is 0 Å². The summed E-state index contributed by atoms with van der Waals surface area (Å²) in [5.41, 5.74) is 0. The zero-order valence-corrected chi connectivity index (χ0v) is 39.0. The Morgan fingerprint density at radius 3 is 1.00 bits per heavy atom. The van der Waals surface area contributed by atoms with Crippen LogP contribution in [-0.4, -0.2) is 37.2 Å². The minimum atomic E-state index is -0.761. The van der Waals surface area contributed by atoms with Gasteiger partial charge in [-0.3, -0.25) is 14.4 Å². The maximum absolute atomic E-state index is 12.7. The second kappa shape index (κ2) is 44.0. The third-order valence-corrected chi connectivity index (χ3v) is 11.8. The van der Waals surface area contributed by atoms with E-state index in [2.05, 4.69) is 34.6 Å². The maximum atomic E-state index is 12.7. The monoisotopic (exact) mass is 807 g/mol. The minimum Gasteiger partial charge on any atom is -0.462 e. The molecule has 2 atom stereocenters. The number of rotatable bonds is 45. The molecule has 0 aromatic carbocycles. The Bertz CT molecular complexity index is 872. The summed E-state index contributed by atoms with van der Waals surface area (Å²) in [6, 6.07) is 0. The highest BCUT2D eigenvalue weighted by molar-refractivity contribution is 5.71. The standard InChI is InChI=1S/C51H98O6/c1-6-8-9-10-11-12-20-26-31-36-41-49(52)55-44-48(57-51(54)43-38-33-28-23-22-24-29-34-39-46(3)4)45-56-50(53)42-37-32-27-21-18-16-14-13-15-17-19-25-30-35-40-47(5)7-2/h46-48H,6-45H2,1-5H3/t47?,48-/m0/s1. The molecule has 1 unspecified atom stereocenters. The maximum Gasteiger partial charge on any atom is 0.306 e. The summed E-state index contributed by atoms with van der Waals surface area (Å²) in [5.74, 6) is 0.836. The lowest BCUT2D eigenvalue weighted by Gasteiger charge is -2.18. The SMILES string of the molecule is CCCCCCCCCCCCC(=O)OC[C@@H](COC(=O)CCCCCCCCCCCCCCCCC(C)CC)OC(=O)CCCCCCCCCCC(C)C. The van der Waals surface area contributed by atoms with Crippen LogP contribution in [0, 0.1) is 11.8 Å². The summed E-state index contributed by atoms with van der Waals surface area (Å²) in [5, 5.41) is 0. The van der Waals surface area contributed by atoms with Crippen molar-refractivity contribution < 1.29 is 28.6 Å². The fourth-order valence-corrected chi connectivity index (χ4v) is 7.60. The zero-order chi connectivity index (χ0) is 41.9. The van der Waals surface area contributed by atoms with Crippen molar-refractivity contribution in [3.05, 3.63) is 0 Å². The summed E-state index contributed by atoms with van der Waals surface area (Å²) in [6.45, 7) is 11.4. The van der Waals surface area contributed by atoms with Crippen molar-refractivity contribution in [3.63, 3.8) is 0 Å². The van der Waals surface area contributed by atoms with Gasteiger partial charge in [0.05, 0.1) is 0 Å². The molecule has 0 saturated heterocycles. The Morgan fingerprint density at radius 1 is 0.368 bits per heavy atom. The largest absolute Gasteiger partial charge is 0.462 e. The molecule has 0 heterocycles. The first-order valence-electron chi connectivity index (χ1n) is 25.3. The second-order valence-corrected chi connectivity index (χ2v) is 18.2. The van der Waals surface area contributed by atoms with E-state index in [1.807, 2.05) is 0 Å². The molecule has 0 fully saturated rings. The van der Waals surface area contributed by atoms with Crippen molar-refractivity contribution in [2.45, 2.75) is 285 Å². The van der Waals surface area contributed by atoms with Crippen molar-refractivity contribution in [3.8, 4) is 0 Å². The molecule has 0 spiro atoms. The average Bonchev–Trinajstić information content (AvgIpc) is 3.19. The third-order valence-electron chi connectivity index (χ3n) is 11.8. The Balaban J connectivity index is 4.25.